The molecule has 0 unspecified atom stereocenters. The molecule has 0 atom stereocenters. The van der Waals surface area contributed by atoms with Crippen molar-refractivity contribution in [3.05, 3.63) is 12.1 Å². The fourth-order valence-electron chi connectivity index (χ4n) is 2.32. The molecule has 1 aliphatic rings. The van der Waals surface area contributed by atoms with Gasteiger partial charge in [0.1, 0.15) is 5.82 Å². The van der Waals surface area contributed by atoms with Crippen molar-refractivity contribution in [1.29, 1.82) is 0 Å². The highest BCUT2D eigenvalue weighted by Gasteiger charge is 2.15. The van der Waals surface area contributed by atoms with Crippen molar-refractivity contribution >= 4 is 21.8 Å². The van der Waals surface area contributed by atoms with E-state index in [4.69, 9.17) is 0 Å². The van der Waals surface area contributed by atoms with Crippen LogP contribution in [0, 0.1) is 0 Å². The molecule has 2 N–H and O–H groups in total. The highest BCUT2D eigenvalue weighted by atomic mass is 32.2. The number of hydrogen-bond donors (Lipinski definition) is 2. The highest BCUT2D eigenvalue weighted by molar-refractivity contribution is 7.90. The first kappa shape index (κ1) is 16.0. The SMILES string of the molecule is CN(C)S(=O)(=O)Nc1ccc(NC2CCCCCC2)nn1. The van der Waals surface area contributed by atoms with Gasteiger partial charge in [0.2, 0.25) is 0 Å². The molecule has 1 heterocycles. The van der Waals surface area contributed by atoms with E-state index in [2.05, 4.69) is 20.2 Å². The first-order chi connectivity index (χ1) is 9.97. The van der Waals surface area contributed by atoms with Crippen LogP contribution in [0.4, 0.5) is 11.6 Å². The van der Waals surface area contributed by atoms with Gasteiger partial charge in [-0.25, -0.2) is 0 Å². The Morgan fingerprint density at radius 2 is 1.62 bits per heavy atom. The molecule has 1 saturated carbocycles. The van der Waals surface area contributed by atoms with Gasteiger partial charge in [-0.05, 0) is 25.0 Å². The molecule has 21 heavy (non-hydrogen) atoms. The lowest BCUT2D eigenvalue weighted by Gasteiger charge is -2.17. The van der Waals surface area contributed by atoms with Gasteiger partial charge in [0.25, 0.3) is 0 Å². The minimum Gasteiger partial charge on any atom is -0.366 e. The Labute approximate surface area is 126 Å². The number of anilines is 2. The third-order valence-corrected chi connectivity index (χ3v) is 5.01. The molecule has 2 rings (SSSR count). The summed E-state index contributed by atoms with van der Waals surface area (Å²) in [6, 6.07) is 3.81. The molecule has 0 amide bonds. The minimum absolute atomic E-state index is 0.218. The van der Waals surface area contributed by atoms with Crippen LogP contribution in [0.3, 0.4) is 0 Å². The quantitative estimate of drug-likeness (QED) is 0.810. The Kier molecular flexibility index (Phi) is 5.35. The van der Waals surface area contributed by atoms with Crippen molar-refractivity contribution in [2.75, 3.05) is 24.1 Å². The fourth-order valence-corrected chi connectivity index (χ4v) is 2.88. The Balaban J connectivity index is 1.95. The second-order valence-electron chi connectivity index (χ2n) is 5.53. The maximum Gasteiger partial charge on any atom is 0.302 e. The zero-order valence-electron chi connectivity index (χ0n) is 12.5. The highest BCUT2D eigenvalue weighted by Crippen LogP contribution is 2.20. The average Bonchev–Trinajstić information content (AvgIpc) is 2.69. The molecular weight excluding hydrogens is 290 g/mol. The Morgan fingerprint density at radius 3 is 2.14 bits per heavy atom. The second kappa shape index (κ2) is 7.04. The maximum absolute atomic E-state index is 11.7. The predicted octanol–water partition coefficient (Wildman–Crippen LogP) is 1.83. The van der Waals surface area contributed by atoms with Gasteiger partial charge in [0, 0.05) is 20.1 Å². The van der Waals surface area contributed by atoms with Gasteiger partial charge >= 0.3 is 10.2 Å². The first-order valence-electron chi connectivity index (χ1n) is 7.28. The summed E-state index contributed by atoms with van der Waals surface area (Å²) in [4.78, 5) is 0. The second-order valence-corrected chi connectivity index (χ2v) is 7.41. The van der Waals surface area contributed by atoms with Crippen LogP contribution in [0.1, 0.15) is 38.5 Å². The van der Waals surface area contributed by atoms with Gasteiger partial charge in [0.05, 0.1) is 0 Å². The van der Waals surface area contributed by atoms with Crippen LogP contribution in [0.5, 0.6) is 0 Å². The number of aromatic nitrogens is 2. The van der Waals surface area contributed by atoms with E-state index in [0.29, 0.717) is 11.9 Å². The van der Waals surface area contributed by atoms with Gasteiger partial charge in [-0.15, -0.1) is 10.2 Å². The summed E-state index contributed by atoms with van der Waals surface area (Å²) in [5.41, 5.74) is 0. The fraction of sp³-hybridized carbons (Fsp3) is 0.692. The molecule has 1 aliphatic carbocycles. The standard InChI is InChI=1S/C13H23N5O2S/c1-18(2)21(19,20)17-13-10-9-12(15-16-13)14-11-7-5-3-4-6-8-11/h9-11H,3-8H2,1-2H3,(H,14,15)(H,16,17). The van der Waals surface area contributed by atoms with Crippen molar-refractivity contribution < 1.29 is 8.42 Å². The summed E-state index contributed by atoms with van der Waals surface area (Å²) in [7, 11) is -0.624. The molecule has 0 saturated heterocycles. The van der Waals surface area contributed by atoms with Crippen LogP contribution in [0.2, 0.25) is 0 Å². The average molecular weight is 313 g/mol. The molecule has 8 heteroatoms. The number of nitrogens with zero attached hydrogens (tertiary/aromatic N) is 3. The largest absolute Gasteiger partial charge is 0.366 e. The van der Waals surface area contributed by atoms with E-state index in [1.165, 1.54) is 39.8 Å². The van der Waals surface area contributed by atoms with E-state index in [0.717, 1.165) is 17.1 Å². The monoisotopic (exact) mass is 313 g/mol. The number of hydrogen-bond acceptors (Lipinski definition) is 5. The van der Waals surface area contributed by atoms with Crippen LogP contribution >= 0.6 is 0 Å². The smallest absolute Gasteiger partial charge is 0.302 e. The third-order valence-electron chi connectivity index (χ3n) is 3.59. The summed E-state index contributed by atoms with van der Waals surface area (Å²) < 4.78 is 26.8. The lowest BCUT2D eigenvalue weighted by atomic mass is 10.1. The third kappa shape index (κ3) is 4.82. The van der Waals surface area contributed by atoms with Crippen LogP contribution < -0.4 is 10.0 Å². The van der Waals surface area contributed by atoms with Crippen molar-refractivity contribution in [1.82, 2.24) is 14.5 Å². The summed E-state index contributed by atoms with van der Waals surface area (Å²) in [6.45, 7) is 0. The van der Waals surface area contributed by atoms with Crippen LogP contribution in [-0.4, -0.2) is 43.1 Å². The zero-order valence-corrected chi connectivity index (χ0v) is 13.4. The van der Waals surface area contributed by atoms with Crippen LogP contribution in [0.25, 0.3) is 0 Å². The topological polar surface area (TPSA) is 87.2 Å². The molecule has 0 aliphatic heterocycles. The Morgan fingerprint density at radius 1 is 1.05 bits per heavy atom. The van der Waals surface area contributed by atoms with Crippen molar-refractivity contribution in [3.63, 3.8) is 0 Å². The number of rotatable bonds is 5. The van der Waals surface area contributed by atoms with E-state index in [1.54, 1.807) is 12.1 Å². The molecule has 1 fully saturated rings. The van der Waals surface area contributed by atoms with E-state index < -0.39 is 10.2 Å². The van der Waals surface area contributed by atoms with E-state index in [1.807, 2.05) is 0 Å². The van der Waals surface area contributed by atoms with E-state index in [-0.39, 0.29) is 5.82 Å². The molecule has 0 aromatic carbocycles. The summed E-state index contributed by atoms with van der Waals surface area (Å²) in [6.07, 6.45) is 7.38. The lowest BCUT2D eigenvalue weighted by Crippen LogP contribution is -2.29. The molecular formula is C13H23N5O2S. The molecule has 118 valence electrons. The van der Waals surface area contributed by atoms with Gasteiger partial charge in [-0.3, -0.25) is 4.72 Å². The lowest BCUT2D eigenvalue weighted by molar-refractivity contribution is 0.526. The molecule has 0 spiro atoms. The zero-order chi connectivity index (χ0) is 15.3. The van der Waals surface area contributed by atoms with Gasteiger partial charge in [-0.1, -0.05) is 25.7 Å². The minimum atomic E-state index is -3.54. The van der Waals surface area contributed by atoms with Crippen LogP contribution in [0.15, 0.2) is 12.1 Å². The molecule has 7 nitrogen and oxygen atoms in total. The first-order valence-corrected chi connectivity index (χ1v) is 8.72. The van der Waals surface area contributed by atoms with E-state index in [9.17, 15) is 8.42 Å². The van der Waals surface area contributed by atoms with Crippen molar-refractivity contribution in [2.45, 2.75) is 44.6 Å². The molecule has 0 radical (unpaired) electrons. The Hall–Kier alpha value is -1.41. The van der Waals surface area contributed by atoms with E-state index >= 15 is 0 Å². The molecule has 1 aromatic rings. The normalized spacial score (nSPS) is 17.5. The predicted molar refractivity (Wildman–Crippen MR) is 83.4 cm³/mol. The Bertz CT molecular complexity index is 536. The van der Waals surface area contributed by atoms with Crippen LogP contribution in [-0.2, 0) is 10.2 Å². The maximum atomic E-state index is 11.7. The number of nitrogens with one attached hydrogen (secondary N) is 2. The molecule has 0 bridgehead atoms. The molecule has 1 aromatic heterocycles. The van der Waals surface area contributed by atoms with Gasteiger partial charge in [0.15, 0.2) is 5.82 Å². The van der Waals surface area contributed by atoms with Crippen molar-refractivity contribution in [2.24, 2.45) is 0 Å². The summed E-state index contributed by atoms with van der Waals surface area (Å²) in [5.74, 6) is 0.907. The van der Waals surface area contributed by atoms with Crippen molar-refractivity contribution in [3.8, 4) is 0 Å². The van der Waals surface area contributed by atoms with Gasteiger partial charge < -0.3 is 5.32 Å². The summed E-state index contributed by atoms with van der Waals surface area (Å²) in [5, 5.41) is 11.3. The van der Waals surface area contributed by atoms with Gasteiger partial charge in [-0.2, -0.15) is 12.7 Å². The summed E-state index contributed by atoms with van der Waals surface area (Å²) >= 11 is 0.